The fourth-order valence-corrected chi connectivity index (χ4v) is 3.44. The Morgan fingerprint density at radius 3 is 2.26 bits per heavy atom. The van der Waals surface area contributed by atoms with Crippen LogP contribution in [0.1, 0.15) is 46.5 Å². The maximum atomic E-state index is 12.9. The molecule has 0 aliphatic carbocycles. The third kappa shape index (κ3) is 5.83. The first-order valence-electron chi connectivity index (χ1n) is 9.36. The van der Waals surface area contributed by atoms with E-state index in [1.165, 1.54) is 4.90 Å². The molecule has 2 saturated heterocycles. The molecule has 0 aromatic heterocycles. The molecule has 0 unspecified atom stereocenters. The van der Waals surface area contributed by atoms with Crippen LogP contribution >= 0.6 is 0 Å². The molecule has 0 aromatic carbocycles. The van der Waals surface area contributed by atoms with Crippen LogP contribution in [0.3, 0.4) is 0 Å². The summed E-state index contributed by atoms with van der Waals surface area (Å²) in [6, 6.07) is -0.516. The van der Waals surface area contributed by atoms with Crippen molar-refractivity contribution in [1.29, 1.82) is 0 Å². The maximum absolute atomic E-state index is 12.9. The molecular formula is C18H29N3O6. The third-order valence-electron chi connectivity index (χ3n) is 4.76. The molecular weight excluding hydrogens is 354 g/mol. The molecule has 2 aliphatic heterocycles. The van der Waals surface area contributed by atoms with Gasteiger partial charge in [0.15, 0.2) is 0 Å². The minimum absolute atomic E-state index is 0.109. The highest BCUT2D eigenvalue weighted by Crippen LogP contribution is 2.25. The number of nitrogens with zero attached hydrogens (tertiary/aromatic N) is 2. The molecule has 0 bridgehead atoms. The molecule has 3 amide bonds. The number of ether oxygens (including phenoxy) is 1. The Hall–Kier alpha value is -2.32. The van der Waals surface area contributed by atoms with Crippen molar-refractivity contribution in [3.05, 3.63) is 0 Å². The zero-order valence-corrected chi connectivity index (χ0v) is 16.2. The highest BCUT2D eigenvalue weighted by Gasteiger charge is 2.39. The van der Waals surface area contributed by atoms with Gasteiger partial charge in [-0.25, -0.2) is 4.79 Å². The number of hydrogen-bond donors (Lipinski definition) is 2. The zero-order chi connectivity index (χ0) is 20.2. The average Bonchev–Trinajstić information content (AvgIpc) is 3.07. The highest BCUT2D eigenvalue weighted by atomic mass is 16.6. The van der Waals surface area contributed by atoms with E-state index in [-0.39, 0.29) is 17.7 Å². The second-order valence-corrected chi connectivity index (χ2v) is 8.04. The van der Waals surface area contributed by atoms with E-state index in [0.29, 0.717) is 38.9 Å². The number of carboxylic acid groups (broad SMARTS) is 1. The third-order valence-corrected chi connectivity index (χ3v) is 4.76. The molecule has 9 nitrogen and oxygen atoms in total. The molecule has 0 radical (unpaired) electrons. The van der Waals surface area contributed by atoms with E-state index < -0.39 is 30.3 Å². The Balaban J connectivity index is 1.88. The number of rotatable bonds is 4. The van der Waals surface area contributed by atoms with Crippen LogP contribution in [0.2, 0.25) is 0 Å². The summed E-state index contributed by atoms with van der Waals surface area (Å²) in [4.78, 5) is 50.9. The van der Waals surface area contributed by atoms with Crippen molar-refractivity contribution < 1.29 is 29.0 Å². The van der Waals surface area contributed by atoms with E-state index >= 15 is 0 Å². The normalized spacial score (nSPS) is 21.1. The average molecular weight is 383 g/mol. The van der Waals surface area contributed by atoms with E-state index in [1.54, 1.807) is 25.7 Å². The van der Waals surface area contributed by atoms with Crippen molar-refractivity contribution in [2.24, 2.45) is 5.92 Å². The van der Waals surface area contributed by atoms with Gasteiger partial charge in [-0.2, -0.15) is 0 Å². The molecule has 2 N–H and O–H groups in total. The van der Waals surface area contributed by atoms with Gasteiger partial charge in [0.25, 0.3) is 0 Å². The number of carbonyl (C=O) groups is 4. The van der Waals surface area contributed by atoms with E-state index in [4.69, 9.17) is 9.84 Å². The van der Waals surface area contributed by atoms with Gasteiger partial charge in [-0.15, -0.1) is 0 Å². The van der Waals surface area contributed by atoms with E-state index in [1.807, 2.05) is 0 Å². The molecule has 152 valence electrons. The van der Waals surface area contributed by atoms with Gasteiger partial charge in [0, 0.05) is 25.6 Å². The Bertz CT molecular complexity index is 592. The summed E-state index contributed by atoms with van der Waals surface area (Å²) in [5.74, 6) is -1.78. The number of piperidine rings is 1. The molecule has 2 fully saturated rings. The smallest absolute Gasteiger partial charge is 0.410 e. The molecule has 2 rings (SSSR count). The first-order valence-corrected chi connectivity index (χ1v) is 9.36. The quantitative estimate of drug-likeness (QED) is 0.743. The van der Waals surface area contributed by atoms with Gasteiger partial charge in [0.05, 0.1) is 0 Å². The van der Waals surface area contributed by atoms with Crippen LogP contribution in [0.5, 0.6) is 0 Å². The van der Waals surface area contributed by atoms with Crippen molar-refractivity contribution in [3.63, 3.8) is 0 Å². The Morgan fingerprint density at radius 2 is 1.70 bits per heavy atom. The second kappa shape index (κ2) is 8.58. The number of aliphatic carboxylic acids is 1. The first kappa shape index (κ1) is 21.0. The summed E-state index contributed by atoms with van der Waals surface area (Å²) in [6.45, 7) is 6.31. The fourth-order valence-electron chi connectivity index (χ4n) is 3.44. The number of amides is 3. The molecule has 2 heterocycles. The van der Waals surface area contributed by atoms with Crippen LogP contribution in [0.4, 0.5) is 4.79 Å². The Morgan fingerprint density at radius 1 is 1.07 bits per heavy atom. The van der Waals surface area contributed by atoms with E-state index in [9.17, 15) is 19.2 Å². The van der Waals surface area contributed by atoms with Crippen molar-refractivity contribution >= 4 is 23.9 Å². The number of nitrogens with one attached hydrogen (secondary N) is 1. The molecule has 27 heavy (non-hydrogen) atoms. The van der Waals surface area contributed by atoms with Crippen LogP contribution in [-0.4, -0.2) is 76.6 Å². The molecule has 0 aromatic rings. The van der Waals surface area contributed by atoms with Crippen molar-refractivity contribution in [1.82, 2.24) is 15.1 Å². The van der Waals surface area contributed by atoms with E-state index in [0.717, 1.165) is 6.42 Å². The van der Waals surface area contributed by atoms with Crippen molar-refractivity contribution in [2.75, 3.05) is 26.2 Å². The van der Waals surface area contributed by atoms with Gasteiger partial charge in [0.2, 0.25) is 11.8 Å². The van der Waals surface area contributed by atoms with Crippen LogP contribution < -0.4 is 5.32 Å². The van der Waals surface area contributed by atoms with Crippen LogP contribution in [-0.2, 0) is 19.1 Å². The summed E-state index contributed by atoms with van der Waals surface area (Å²) in [5, 5.41) is 11.0. The van der Waals surface area contributed by atoms with Crippen LogP contribution in [0.15, 0.2) is 0 Å². The number of hydrogen-bond acceptors (Lipinski definition) is 5. The minimum atomic E-state index is -1.08. The zero-order valence-electron chi connectivity index (χ0n) is 16.2. The Labute approximate surface area is 159 Å². The van der Waals surface area contributed by atoms with Gasteiger partial charge in [-0.1, -0.05) is 0 Å². The predicted octanol–water partition coefficient (Wildman–Crippen LogP) is 0.825. The predicted molar refractivity (Wildman–Crippen MR) is 95.9 cm³/mol. The topological polar surface area (TPSA) is 116 Å². The lowest BCUT2D eigenvalue weighted by molar-refractivity contribution is -0.140. The monoisotopic (exact) mass is 383 g/mol. The molecule has 1 atom stereocenters. The molecule has 9 heteroatoms. The van der Waals surface area contributed by atoms with E-state index in [2.05, 4.69) is 5.32 Å². The first-order chi connectivity index (χ1) is 12.6. The fraction of sp³-hybridized carbons (Fsp3) is 0.778. The lowest BCUT2D eigenvalue weighted by atomic mass is 9.95. The lowest BCUT2D eigenvalue weighted by Gasteiger charge is -2.35. The molecule has 0 saturated carbocycles. The Kier molecular flexibility index (Phi) is 6.67. The summed E-state index contributed by atoms with van der Waals surface area (Å²) in [6.07, 6.45) is 1.86. The summed E-state index contributed by atoms with van der Waals surface area (Å²) in [7, 11) is 0. The number of carbonyl (C=O) groups excluding carboxylic acids is 3. The maximum Gasteiger partial charge on any atom is 0.410 e. The lowest BCUT2D eigenvalue weighted by Crippen LogP contribution is -2.51. The molecule has 0 spiro atoms. The summed E-state index contributed by atoms with van der Waals surface area (Å²) < 4.78 is 5.40. The minimum Gasteiger partial charge on any atom is -0.480 e. The van der Waals surface area contributed by atoms with Crippen LogP contribution in [0, 0.1) is 5.92 Å². The van der Waals surface area contributed by atoms with Crippen LogP contribution in [0.25, 0.3) is 0 Å². The standard InChI is InChI=1S/C18H29N3O6/c1-18(2,3)27-17(26)21-8-4-5-13(21)16(25)20-9-6-12(7-10-20)15(24)19-11-14(22)23/h12-13H,4-11H2,1-3H3,(H,19,24)(H,22,23)/t13-/m1/s1. The van der Waals surface area contributed by atoms with Gasteiger partial charge < -0.3 is 20.1 Å². The second-order valence-electron chi connectivity index (χ2n) is 8.04. The van der Waals surface area contributed by atoms with Gasteiger partial charge in [-0.05, 0) is 46.5 Å². The van der Waals surface area contributed by atoms with Gasteiger partial charge >= 0.3 is 12.1 Å². The van der Waals surface area contributed by atoms with Gasteiger partial charge in [-0.3, -0.25) is 19.3 Å². The SMILES string of the molecule is CC(C)(C)OC(=O)N1CCC[C@@H]1C(=O)N1CCC(C(=O)NCC(=O)O)CC1. The van der Waals surface area contributed by atoms with Gasteiger partial charge in [0.1, 0.15) is 18.2 Å². The number of carboxylic acids is 1. The molecule has 2 aliphatic rings. The van der Waals surface area contributed by atoms with Crippen molar-refractivity contribution in [3.8, 4) is 0 Å². The summed E-state index contributed by atoms with van der Waals surface area (Å²) in [5.41, 5.74) is -0.616. The number of likely N-dealkylation sites (tertiary alicyclic amines) is 2. The highest BCUT2D eigenvalue weighted by molar-refractivity contribution is 5.87. The largest absolute Gasteiger partial charge is 0.480 e. The van der Waals surface area contributed by atoms with Crippen molar-refractivity contribution in [2.45, 2.75) is 58.1 Å². The summed E-state index contributed by atoms with van der Waals surface area (Å²) >= 11 is 0.